The van der Waals surface area contributed by atoms with E-state index in [2.05, 4.69) is 15.9 Å². The highest BCUT2D eigenvalue weighted by Crippen LogP contribution is 2.28. The molecular formula is C13H5BrCl2F2O. The number of hydrogen-bond donors (Lipinski definition) is 0. The molecule has 0 aliphatic carbocycles. The van der Waals surface area contributed by atoms with Crippen LogP contribution in [0.25, 0.3) is 0 Å². The number of benzene rings is 2. The molecular weight excluding hydrogens is 361 g/mol. The average Bonchev–Trinajstić information content (AvgIpc) is 2.33. The fourth-order valence-corrected chi connectivity index (χ4v) is 2.25. The second-order valence-electron chi connectivity index (χ2n) is 3.70. The standard InChI is InChI=1S/C13H5BrCl2F2O/c14-9-5-12(18)8(4-11(9)16)13(19)7-2-1-6(17)3-10(7)15/h1-5H. The van der Waals surface area contributed by atoms with Crippen molar-refractivity contribution in [2.75, 3.05) is 0 Å². The van der Waals surface area contributed by atoms with Gasteiger partial charge in [0, 0.05) is 10.0 Å². The Bertz CT molecular complexity index is 674. The van der Waals surface area contributed by atoms with E-state index in [4.69, 9.17) is 23.2 Å². The van der Waals surface area contributed by atoms with Crippen LogP contribution in [0.2, 0.25) is 10.0 Å². The minimum absolute atomic E-state index is 0.0142. The van der Waals surface area contributed by atoms with Crippen LogP contribution in [-0.2, 0) is 0 Å². The lowest BCUT2D eigenvalue weighted by molar-refractivity contribution is 0.103. The second kappa shape index (κ2) is 5.57. The van der Waals surface area contributed by atoms with Crippen LogP contribution in [0.4, 0.5) is 8.78 Å². The van der Waals surface area contributed by atoms with Gasteiger partial charge >= 0.3 is 0 Å². The first kappa shape index (κ1) is 14.4. The normalized spacial score (nSPS) is 10.6. The minimum atomic E-state index is -0.735. The summed E-state index contributed by atoms with van der Waals surface area (Å²) in [6.07, 6.45) is 0. The average molecular weight is 366 g/mol. The minimum Gasteiger partial charge on any atom is -0.288 e. The maximum absolute atomic E-state index is 13.8. The number of carbonyl (C=O) groups is 1. The fourth-order valence-electron chi connectivity index (χ4n) is 1.52. The van der Waals surface area contributed by atoms with Gasteiger partial charge in [-0.25, -0.2) is 8.78 Å². The molecule has 2 rings (SSSR count). The van der Waals surface area contributed by atoms with Crippen LogP contribution in [0.3, 0.4) is 0 Å². The summed E-state index contributed by atoms with van der Waals surface area (Å²) in [7, 11) is 0. The molecule has 0 aromatic heterocycles. The second-order valence-corrected chi connectivity index (χ2v) is 5.37. The molecule has 0 heterocycles. The molecule has 0 aliphatic heterocycles. The van der Waals surface area contributed by atoms with Crippen molar-refractivity contribution in [3.8, 4) is 0 Å². The molecule has 0 saturated carbocycles. The van der Waals surface area contributed by atoms with Crippen molar-refractivity contribution in [3.63, 3.8) is 0 Å². The molecule has 0 unspecified atom stereocenters. The van der Waals surface area contributed by atoms with E-state index < -0.39 is 17.4 Å². The Morgan fingerprint density at radius 1 is 1.00 bits per heavy atom. The molecule has 1 nitrogen and oxygen atoms in total. The van der Waals surface area contributed by atoms with Crippen molar-refractivity contribution in [3.05, 3.63) is 67.6 Å². The van der Waals surface area contributed by atoms with E-state index in [1.165, 1.54) is 12.1 Å². The van der Waals surface area contributed by atoms with Gasteiger partial charge in [0.1, 0.15) is 11.6 Å². The van der Waals surface area contributed by atoms with Gasteiger partial charge in [-0.05, 0) is 46.3 Å². The van der Waals surface area contributed by atoms with Crippen LogP contribution < -0.4 is 0 Å². The van der Waals surface area contributed by atoms with Crippen LogP contribution in [0.5, 0.6) is 0 Å². The Morgan fingerprint density at radius 3 is 2.32 bits per heavy atom. The maximum Gasteiger partial charge on any atom is 0.197 e. The number of carbonyl (C=O) groups excluding carboxylic acids is 1. The van der Waals surface area contributed by atoms with Gasteiger partial charge < -0.3 is 0 Å². The summed E-state index contributed by atoms with van der Waals surface area (Å²) >= 11 is 14.6. The molecule has 2 aromatic carbocycles. The predicted molar refractivity (Wildman–Crippen MR) is 74.0 cm³/mol. The van der Waals surface area contributed by atoms with Crippen molar-refractivity contribution in [2.45, 2.75) is 0 Å². The first-order chi connectivity index (χ1) is 8.90. The molecule has 0 N–H and O–H groups in total. The highest BCUT2D eigenvalue weighted by atomic mass is 79.9. The van der Waals surface area contributed by atoms with Crippen molar-refractivity contribution in [1.29, 1.82) is 0 Å². The monoisotopic (exact) mass is 364 g/mol. The van der Waals surface area contributed by atoms with Crippen LogP contribution in [0.15, 0.2) is 34.8 Å². The van der Waals surface area contributed by atoms with Gasteiger partial charge in [0.25, 0.3) is 0 Å². The van der Waals surface area contributed by atoms with Crippen LogP contribution in [-0.4, -0.2) is 5.78 Å². The van der Waals surface area contributed by atoms with Gasteiger partial charge in [0.05, 0.1) is 15.6 Å². The van der Waals surface area contributed by atoms with E-state index in [1.807, 2.05) is 0 Å². The number of hydrogen-bond acceptors (Lipinski definition) is 1. The highest BCUT2D eigenvalue weighted by Gasteiger charge is 2.18. The predicted octanol–water partition coefficient (Wildman–Crippen LogP) is 5.27. The summed E-state index contributed by atoms with van der Waals surface area (Å²) in [5.41, 5.74) is -0.206. The van der Waals surface area contributed by atoms with Crippen molar-refractivity contribution >= 4 is 44.9 Å². The van der Waals surface area contributed by atoms with Gasteiger partial charge in [-0.1, -0.05) is 23.2 Å². The number of halogens is 5. The SMILES string of the molecule is O=C(c1cc(Cl)c(Br)cc1F)c1ccc(F)cc1Cl. The highest BCUT2D eigenvalue weighted by molar-refractivity contribution is 9.10. The molecule has 0 bridgehead atoms. The van der Waals surface area contributed by atoms with E-state index in [0.717, 1.165) is 18.2 Å². The lowest BCUT2D eigenvalue weighted by atomic mass is 10.0. The molecule has 0 fully saturated rings. The summed E-state index contributed by atoms with van der Waals surface area (Å²) < 4.78 is 27.0. The molecule has 98 valence electrons. The quantitative estimate of drug-likeness (QED) is 0.523. The number of rotatable bonds is 2. The summed E-state index contributed by atoms with van der Waals surface area (Å²) in [4.78, 5) is 12.1. The lowest BCUT2D eigenvalue weighted by Gasteiger charge is -2.06. The number of ketones is 1. The van der Waals surface area contributed by atoms with Gasteiger partial charge in [-0.2, -0.15) is 0 Å². The zero-order valence-corrected chi connectivity index (χ0v) is 12.3. The Labute approximate surface area is 126 Å². The zero-order valence-electron chi connectivity index (χ0n) is 9.18. The van der Waals surface area contributed by atoms with E-state index in [0.29, 0.717) is 4.47 Å². The third kappa shape index (κ3) is 2.96. The van der Waals surface area contributed by atoms with E-state index in [9.17, 15) is 13.6 Å². The third-order valence-electron chi connectivity index (χ3n) is 2.43. The van der Waals surface area contributed by atoms with Crippen molar-refractivity contribution in [2.24, 2.45) is 0 Å². The molecule has 2 aromatic rings. The first-order valence-corrected chi connectivity index (χ1v) is 6.59. The molecule has 0 aliphatic rings. The van der Waals surface area contributed by atoms with Crippen molar-refractivity contribution in [1.82, 2.24) is 0 Å². The Kier molecular flexibility index (Phi) is 4.23. The molecule has 0 radical (unpaired) electrons. The van der Waals surface area contributed by atoms with Crippen LogP contribution in [0.1, 0.15) is 15.9 Å². The summed E-state index contributed by atoms with van der Waals surface area (Å²) in [6.45, 7) is 0. The Balaban J connectivity index is 2.53. The molecule has 0 amide bonds. The Hall–Kier alpha value is -0.970. The largest absolute Gasteiger partial charge is 0.288 e. The smallest absolute Gasteiger partial charge is 0.197 e. The van der Waals surface area contributed by atoms with Crippen LogP contribution >= 0.6 is 39.1 Å². The van der Waals surface area contributed by atoms with Crippen molar-refractivity contribution < 1.29 is 13.6 Å². The van der Waals surface area contributed by atoms with Gasteiger partial charge in [-0.3, -0.25) is 4.79 Å². The van der Waals surface area contributed by atoms with Gasteiger partial charge in [0.2, 0.25) is 0 Å². The maximum atomic E-state index is 13.8. The molecule has 6 heteroatoms. The summed E-state index contributed by atoms with van der Waals surface area (Å²) in [5.74, 6) is -1.96. The third-order valence-corrected chi connectivity index (χ3v) is 3.94. The molecule has 0 saturated heterocycles. The molecule has 19 heavy (non-hydrogen) atoms. The van der Waals surface area contributed by atoms with Gasteiger partial charge in [-0.15, -0.1) is 0 Å². The molecule has 0 spiro atoms. The van der Waals surface area contributed by atoms with Gasteiger partial charge in [0.15, 0.2) is 5.78 Å². The summed E-state index contributed by atoms with van der Waals surface area (Å²) in [5, 5.41) is 0.117. The lowest BCUT2D eigenvalue weighted by Crippen LogP contribution is -2.05. The van der Waals surface area contributed by atoms with E-state index in [-0.39, 0.29) is 21.2 Å². The van der Waals surface area contributed by atoms with E-state index >= 15 is 0 Å². The summed E-state index contributed by atoms with van der Waals surface area (Å²) in [6, 6.07) is 5.57. The Morgan fingerprint density at radius 2 is 1.68 bits per heavy atom. The van der Waals surface area contributed by atoms with Crippen LogP contribution in [0, 0.1) is 11.6 Å². The molecule has 0 atom stereocenters. The fraction of sp³-hybridized carbons (Fsp3) is 0. The zero-order chi connectivity index (χ0) is 14.2. The topological polar surface area (TPSA) is 17.1 Å². The van der Waals surface area contributed by atoms with E-state index in [1.54, 1.807) is 0 Å². The first-order valence-electron chi connectivity index (χ1n) is 5.04.